The summed E-state index contributed by atoms with van der Waals surface area (Å²) in [5, 5.41) is 9.43. The minimum Gasteiger partial charge on any atom is -0.373 e. The first-order valence-corrected chi connectivity index (χ1v) is 7.40. The minimum absolute atomic E-state index is 0.366. The van der Waals surface area contributed by atoms with E-state index < -0.39 is 0 Å². The highest BCUT2D eigenvalue weighted by atomic mass is 35.5. The Kier molecular flexibility index (Phi) is 5.24. The minimum atomic E-state index is 0.366. The third kappa shape index (κ3) is 3.96. The fourth-order valence-corrected chi connectivity index (χ4v) is 2.94. The molecule has 0 aromatic heterocycles. The van der Waals surface area contributed by atoms with Crippen LogP contribution >= 0.6 is 11.6 Å². The van der Waals surface area contributed by atoms with Gasteiger partial charge in [-0.25, -0.2) is 0 Å². The zero-order valence-electron chi connectivity index (χ0n) is 11.4. The second-order valence-electron chi connectivity index (χ2n) is 5.29. The average molecular weight is 278 g/mol. The van der Waals surface area contributed by atoms with Crippen molar-refractivity contribution in [1.29, 1.82) is 5.26 Å². The Morgan fingerprint density at radius 1 is 1.42 bits per heavy atom. The van der Waals surface area contributed by atoms with E-state index in [1.165, 1.54) is 25.7 Å². The fourth-order valence-electron chi connectivity index (χ4n) is 2.71. The highest BCUT2D eigenvalue weighted by Crippen LogP contribution is 2.29. The summed E-state index contributed by atoms with van der Waals surface area (Å²) in [6.45, 7) is 2.80. The van der Waals surface area contributed by atoms with Crippen LogP contribution in [0.4, 0.5) is 0 Å². The highest BCUT2D eigenvalue weighted by molar-refractivity contribution is 6.31. The number of ether oxygens (including phenoxy) is 1. The number of nitrogens with zero attached hydrogens (tertiary/aromatic N) is 1. The number of hydrogen-bond donors (Lipinski definition) is 0. The molecule has 1 aromatic carbocycles. The monoisotopic (exact) mass is 277 g/mol. The SMILES string of the molecule is CCC1CCCC(OCc2ccc(C#N)cc2Cl)C1. The van der Waals surface area contributed by atoms with Crippen LogP contribution in [0.1, 0.15) is 50.2 Å². The van der Waals surface area contributed by atoms with Crippen LogP contribution in [0.5, 0.6) is 0 Å². The van der Waals surface area contributed by atoms with Gasteiger partial charge < -0.3 is 4.74 Å². The fraction of sp³-hybridized carbons (Fsp3) is 0.562. The summed E-state index contributed by atoms with van der Waals surface area (Å²) in [5.74, 6) is 0.815. The Morgan fingerprint density at radius 3 is 2.95 bits per heavy atom. The van der Waals surface area contributed by atoms with E-state index in [1.807, 2.05) is 6.07 Å². The lowest BCUT2D eigenvalue weighted by atomic mass is 9.85. The van der Waals surface area contributed by atoms with Crippen molar-refractivity contribution in [3.8, 4) is 6.07 Å². The van der Waals surface area contributed by atoms with Crippen LogP contribution in [0.25, 0.3) is 0 Å². The van der Waals surface area contributed by atoms with Crippen LogP contribution in [0.2, 0.25) is 5.02 Å². The van der Waals surface area contributed by atoms with Crippen molar-refractivity contribution in [2.75, 3.05) is 0 Å². The van der Waals surface area contributed by atoms with E-state index in [0.29, 0.717) is 23.3 Å². The number of rotatable bonds is 4. The summed E-state index contributed by atoms with van der Waals surface area (Å²) in [4.78, 5) is 0. The Hall–Kier alpha value is -1.04. The van der Waals surface area contributed by atoms with Gasteiger partial charge in [0.05, 0.1) is 24.3 Å². The van der Waals surface area contributed by atoms with Crippen molar-refractivity contribution >= 4 is 11.6 Å². The molecule has 1 aliphatic carbocycles. The molecule has 2 nitrogen and oxygen atoms in total. The van der Waals surface area contributed by atoms with Crippen molar-refractivity contribution in [3.63, 3.8) is 0 Å². The van der Waals surface area contributed by atoms with E-state index in [1.54, 1.807) is 12.1 Å². The topological polar surface area (TPSA) is 33.0 Å². The van der Waals surface area contributed by atoms with Crippen molar-refractivity contribution < 1.29 is 4.74 Å². The summed E-state index contributed by atoms with van der Waals surface area (Å²) in [6, 6.07) is 7.47. The summed E-state index contributed by atoms with van der Waals surface area (Å²) >= 11 is 6.15. The standard InChI is InChI=1S/C16H20ClNO/c1-2-12-4-3-5-15(8-12)19-11-14-7-6-13(10-18)9-16(14)17/h6-7,9,12,15H,2-5,8,11H2,1H3. The maximum Gasteiger partial charge on any atom is 0.0992 e. The van der Waals surface area contributed by atoms with Crippen LogP contribution in [-0.4, -0.2) is 6.10 Å². The molecule has 1 fully saturated rings. The van der Waals surface area contributed by atoms with Gasteiger partial charge in [0, 0.05) is 5.02 Å². The quantitative estimate of drug-likeness (QED) is 0.799. The van der Waals surface area contributed by atoms with Crippen molar-refractivity contribution in [2.24, 2.45) is 5.92 Å². The van der Waals surface area contributed by atoms with Crippen molar-refractivity contribution in [3.05, 3.63) is 34.3 Å². The van der Waals surface area contributed by atoms with Gasteiger partial charge in [0.15, 0.2) is 0 Å². The molecule has 2 rings (SSSR count). The molecule has 0 amide bonds. The summed E-state index contributed by atoms with van der Waals surface area (Å²) < 4.78 is 5.99. The van der Waals surface area contributed by atoms with Gasteiger partial charge in [-0.1, -0.05) is 43.9 Å². The molecule has 102 valence electrons. The third-order valence-electron chi connectivity index (χ3n) is 3.97. The summed E-state index contributed by atoms with van der Waals surface area (Å²) in [6.07, 6.45) is 6.55. The second-order valence-corrected chi connectivity index (χ2v) is 5.70. The van der Waals surface area contributed by atoms with Crippen LogP contribution in [0.3, 0.4) is 0 Å². The maximum atomic E-state index is 8.80. The molecule has 0 radical (unpaired) electrons. The van der Waals surface area contributed by atoms with Gasteiger partial charge in [0.2, 0.25) is 0 Å². The number of nitriles is 1. The Labute approximate surface area is 120 Å². The van der Waals surface area contributed by atoms with Gasteiger partial charge in [-0.3, -0.25) is 0 Å². The first kappa shape index (κ1) is 14.4. The molecule has 0 spiro atoms. The third-order valence-corrected chi connectivity index (χ3v) is 4.32. The largest absolute Gasteiger partial charge is 0.373 e. The molecule has 2 unspecified atom stereocenters. The number of halogens is 1. The highest BCUT2D eigenvalue weighted by Gasteiger charge is 2.21. The van der Waals surface area contributed by atoms with Gasteiger partial charge in [-0.2, -0.15) is 5.26 Å². The molecule has 0 heterocycles. The van der Waals surface area contributed by atoms with E-state index >= 15 is 0 Å². The average Bonchev–Trinajstić information content (AvgIpc) is 2.46. The Balaban J connectivity index is 1.90. The molecule has 3 heteroatoms. The van der Waals surface area contributed by atoms with Crippen LogP contribution in [0.15, 0.2) is 18.2 Å². The van der Waals surface area contributed by atoms with Gasteiger partial charge >= 0.3 is 0 Å². The molecular formula is C16H20ClNO. The molecule has 0 N–H and O–H groups in total. The van der Waals surface area contributed by atoms with Crippen molar-refractivity contribution in [1.82, 2.24) is 0 Å². The summed E-state index contributed by atoms with van der Waals surface area (Å²) in [5.41, 5.74) is 1.57. The molecule has 0 bridgehead atoms. The molecule has 19 heavy (non-hydrogen) atoms. The van der Waals surface area contributed by atoms with Crippen molar-refractivity contribution in [2.45, 2.75) is 51.7 Å². The first-order chi connectivity index (χ1) is 9.22. The van der Waals surface area contributed by atoms with Gasteiger partial charge in [-0.05, 0) is 36.5 Å². The normalized spacial score (nSPS) is 23.0. The summed E-state index contributed by atoms with van der Waals surface area (Å²) in [7, 11) is 0. The molecule has 1 aliphatic rings. The van der Waals surface area contributed by atoms with E-state index in [9.17, 15) is 0 Å². The van der Waals surface area contributed by atoms with Gasteiger partial charge in [0.1, 0.15) is 0 Å². The predicted octanol–water partition coefficient (Wildman–Crippen LogP) is 4.70. The lowest BCUT2D eigenvalue weighted by molar-refractivity contribution is 0.00180. The van der Waals surface area contributed by atoms with E-state index in [4.69, 9.17) is 21.6 Å². The Bertz CT molecular complexity index is 466. The van der Waals surface area contributed by atoms with Crippen LogP contribution < -0.4 is 0 Å². The van der Waals surface area contributed by atoms with E-state index in [-0.39, 0.29) is 0 Å². The number of hydrogen-bond acceptors (Lipinski definition) is 2. The van der Waals surface area contributed by atoms with Gasteiger partial charge in [0.25, 0.3) is 0 Å². The molecule has 0 aliphatic heterocycles. The number of benzene rings is 1. The maximum absolute atomic E-state index is 8.80. The Morgan fingerprint density at radius 2 is 2.26 bits per heavy atom. The molecule has 1 saturated carbocycles. The molecule has 0 saturated heterocycles. The van der Waals surface area contributed by atoms with E-state index in [0.717, 1.165) is 17.9 Å². The lowest BCUT2D eigenvalue weighted by Gasteiger charge is -2.28. The smallest absolute Gasteiger partial charge is 0.0992 e. The molecule has 1 aromatic rings. The zero-order valence-corrected chi connectivity index (χ0v) is 12.1. The van der Waals surface area contributed by atoms with Crippen LogP contribution in [-0.2, 0) is 11.3 Å². The predicted molar refractivity (Wildman–Crippen MR) is 77.0 cm³/mol. The molecular weight excluding hydrogens is 258 g/mol. The first-order valence-electron chi connectivity index (χ1n) is 7.03. The lowest BCUT2D eigenvalue weighted by Crippen LogP contribution is -2.22. The molecule has 2 atom stereocenters. The van der Waals surface area contributed by atoms with Crippen LogP contribution in [0, 0.1) is 17.2 Å². The van der Waals surface area contributed by atoms with Gasteiger partial charge in [-0.15, -0.1) is 0 Å². The zero-order chi connectivity index (χ0) is 13.7. The van der Waals surface area contributed by atoms with E-state index in [2.05, 4.69) is 13.0 Å². The second kappa shape index (κ2) is 6.93.